The maximum absolute atomic E-state index is 11.0. The summed E-state index contributed by atoms with van der Waals surface area (Å²) >= 11 is 0. The fraction of sp³-hybridized carbons (Fsp3) is 0.429. The Morgan fingerprint density at radius 3 is 1.94 bits per heavy atom. The van der Waals surface area contributed by atoms with Crippen LogP contribution in [0.2, 0.25) is 0 Å². The molecule has 0 bridgehead atoms. The first kappa shape index (κ1) is 14.2. The van der Waals surface area contributed by atoms with Gasteiger partial charge in [-0.15, -0.1) is 0 Å². The average molecular weight is 248 g/mol. The lowest BCUT2D eigenvalue weighted by Gasteiger charge is -2.26. The Kier molecular flexibility index (Phi) is 4.48. The maximum Gasteiger partial charge on any atom is 0.0455 e. The Labute approximate surface area is 106 Å². The van der Waals surface area contributed by atoms with E-state index in [1.54, 1.807) is 0 Å². The summed E-state index contributed by atoms with van der Waals surface area (Å²) in [6, 6.07) is 5.68. The molecule has 0 aliphatic rings. The summed E-state index contributed by atoms with van der Waals surface area (Å²) in [5.74, 6) is -4.87. The Morgan fingerprint density at radius 2 is 1.56 bits per heavy atom. The van der Waals surface area contributed by atoms with Gasteiger partial charge in [0.2, 0.25) is 0 Å². The maximum atomic E-state index is 11.0. The predicted octanol–water partition coefficient (Wildman–Crippen LogP) is -0.402. The van der Waals surface area contributed by atoms with Crippen molar-refractivity contribution < 1.29 is 19.8 Å². The zero-order valence-corrected chi connectivity index (χ0v) is 10.7. The zero-order chi connectivity index (χ0) is 13.9. The lowest BCUT2D eigenvalue weighted by Crippen LogP contribution is -2.43. The smallest absolute Gasteiger partial charge is 0.0455 e. The van der Waals surface area contributed by atoms with Gasteiger partial charge < -0.3 is 19.8 Å². The van der Waals surface area contributed by atoms with E-state index in [1.165, 1.54) is 6.92 Å². The third-order valence-corrected chi connectivity index (χ3v) is 3.02. The lowest BCUT2D eigenvalue weighted by atomic mass is 9.87. The molecule has 0 aromatic heterocycles. The predicted molar refractivity (Wildman–Crippen MR) is 62.3 cm³/mol. The number of carbonyl (C=O) groups is 2. The first-order chi connectivity index (χ1) is 8.31. The van der Waals surface area contributed by atoms with E-state index in [9.17, 15) is 19.8 Å². The highest BCUT2D eigenvalue weighted by molar-refractivity contribution is 5.77. The number of aliphatic carboxylic acids is 2. The van der Waals surface area contributed by atoms with Gasteiger partial charge in [0.25, 0.3) is 0 Å². The topological polar surface area (TPSA) is 80.3 Å². The Morgan fingerprint density at radius 1 is 1.06 bits per heavy atom. The minimum atomic E-state index is -1.37. The second-order valence-electron chi connectivity index (χ2n) is 4.73. The molecule has 0 N–H and O–H groups in total. The standard InChI is InChI=1S/C14H18O4/c1-8-4-9(2)6-11(5-8)7-12(14(17)18)10(3)13(15)16/h4-6,10,12H,7H2,1-3H3,(H,15,16)(H,17,18)/p-2/t10-,12+/m1/s1. The van der Waals surface area contributed by atoms with Gasteiger partial charge in [-0.05, 0) is 25.8 Å². The van der Waals surface area contributed by atoms with Crippen LogP contribution in [0.3, 0.4) is 0 Å². The molecule has 0 heterocycles. The monoisotopic (exact) mass is 248 g/mol. The number of aryl methyl sites for hydroxylation is 2. The molecule has 4 heteroatoms. The number of rotatable bonds is 5. The van der Waals surface area contributed by atoms with Crippen molar-refractivity contribution in [3.63, 3.8) is 0 Å². The number of hydrogen-bond donors (Lipinski definition) is 0. The molecule has 18 heavy (non-hydrogen) atoms. The lowest BCUT2D eigenvalue weighted by molar-refractivity contribution is -0.326. The third kappa shape index (κ3) is 3.58. The minimum Gasteiger partial charge on any atom is -0.550 e. The van der Waals surface area contributed by atoms with Gasteiger partial charge in [-0.1, -0.05) is 36.2 Å². The van der Waals surface area contributed by atoms with Gasteiger partial charge in [-0.3, -0.25) is 0 Å². The molecule has 0 unspecified atom stereocenters. The first-order valence-electron chi connectivity index (χ1n) is 5.80. The highest BCUT2D eigenvalue weighted by Crippen LogP contribution is 2.19. The molecule has 0 saturated heterocycles. The van der Waals surface area contributed by atoms with Crippen molar-refractivity contribution in [2.75, 3.05) is 0 Å². The Balaban J connectivity index is 2.96. The molecule has 1 aromatic carbocycles. The van der Waals surface area contributed by atoms with Crippen molar-refractivity contribution in [3.8, 4) is 0 Å². The molecule has 0 spiro atoms. The van der Waals surface area contributed by atoms with Gasteiger partial charge in [0.1, 0.15) is 0 Å². The first-order valence-corrected chi connectivity index (χ1v) is 5.80. The van der Waals surface area contributed by atoms with Gasteiger partial charge in [0, 0.05) is 23.8 Å². The van der Waals surface area contributed by atoms with E-state index in [0.717, 1.165) is 16.7 Å². The van der Waals surface area contributed by atoms with Crippen molar-refractivity contribution in [1.29, 1.82) is 0 Å². The molecule has 0 saturated carbocycles. The summed E-state index contributed by atoms with van der Waals surface area (Å²) in [4.78, 5) is 21.8. The molecule has 0 aliphatic carbocycles. The molecule has 1 aromatic rings. The Hall–Kier alpha value is -1.84. The van der Waals surface area contributed by atoms with Crippen molar-refractivity contribution >= 4 is 11.9 Å². The normalized spacial score (nSPS) is 13.9. The molecule has 0 radical (unpaired) electrons. The van der Waals surface area contributed by atoms with Crippen LogP contribution in [0, 0.1) is 25.7 Å². The van der Waals surface area contributed by atoms with Crippen LogP contribution in [-0.4, -0.2) is 11.9 Å². The van der Waals surface area contributed by atoms with Gasteiger partial charge in [0.05, 0.1) is 0 Å². The fourth-order valence-electron chi connectivity index (χ4n) is 2.07. The molecule has 2 atom stereocenters. The van der Waals surface area contributed by atoms with Gasteiger partial charge in [0.15, 0.2) is 0 Å². The molecule has 0 amide bonds. The Bertz CT molecular complexity index is 445. The molecule has 1 rings (SSSR count). The van der Waals surface area contributed by atoms with Crippen molar-refractivity contribution in [2.45, 2.75) is 27.2 Å². The van der Waals surface area contributed by atoms with E-state index < -0.39 is 23.8 Å². The molecular weight excluding hydrogens is 232 g/mol. The summed E-state index contributed by atoms with van der Waals surface area (Å²) < 4.78 is 0. The van der Waals surface area contributed by atoms with E-state index in [2.05, 4.69) is 0 Å². The van der Waals surface area contributed by atoms with E-state index in [4.69, 9.17) is 0 Å². The fourth-order valence-corrected chi connectivity index (χ4v) is 2.07. The van der Waals surface area contributed by atoms with Crippen molar-refractivity contribution in [1.82, 2.24) is 0 Å². The zero-order valence-electron chi connectivity index (χ0n) is 10.7. The molecular formula is C14H16O4-2. The number of benzene rings is 1. The van der Waals surface area contributed by atoms with E-state index in [1.807, 2.05) is 32.0 Å². The van der Waals surface area contributed by atoms with Gasteiger partial charge in [-0.2, -0.15) is 0 Å². The molecule has 0 fully saturated rings. The van der Waals surface area contributed by atoms with Crippen LogP contribution in [0.25, 0.3) is 0 Å². The summed E-state index contributed by atoms with van der Waals surface area (Å²) in [7, 11) is 0. The molecule has 4 nitrogen and oxygen atoms in total. The number of carboxylic acid groups (broad SMARTS) is 2. The summed E-state index contributed by atoms with van der Waals surface area (Å²) in [5.41, 5.74) is 2.83. The number of carboxylic acids is 2. The van der Waals surface area contributed by atoms with Crippen LogP contribution >= 0.6 is 0 Å². The SMILES string of the molecule is Cc1cc(C)cc(C[C@H](C(=O)[O-])[C@@H](C)C(=O)[O-])c1. The third-order valence-electron chi connectivity index (χ3n) is 3.02. The van der Waals surface area contributed by atoms with Crippen LogP contribution < -0.4 is 10.2 Å². The van der Waals surface area contributed by atoms with E-state index >= 15 is 0 Å². The van der Waals surface area contributed by atoms with Crippen molar-refractivity contribution in [2.24, 2.45) is 11.8 Å². The van der Waals surface area contributed by atoms with Crippen LogP contribution in [0.5, 0.6) is 0 Å². The average Bonchev–Trinajstić information content (AvgIpc) is 2.23. The van der Waals surface area contributed by atoms with E-state index in [0.29, 0.717) is 0 Å². The minimum absolute atomic E-state index is 0.139. The summed E-state index contributed by atoms with van der Waals surface area (Å²) in [6.45, 7) is 5.15. The summed E-state index contributed by atoms with van der Waals surface area (Å²) in [5, 5.41) is 21.8. The highest BCUT2D eigenvalue weighted by Gasteiger charge is 2.20. The van der Waals surface area contributed by atoms with Gasteiger partial charge >= 0.3 is 0 Å². The summed E-state index contributed by atoms with van der Waals surface area (Å²) in [6.07, 6.45) is 0.139. The largest absolute Gasteiger partial charge is 0.550 e. The van der Waals surface area contributed by atoms with E-state index in [-0.39, 0.29) is 6.42 Å². The van der Waals surface area contributed by atoms with Crippen LogP contribution in [0.15, 0.2) is 18.2 Å². The number of hydrogen-bond acceptors (Lipinski definition) is 4. The second kappa shape index (κ2) is 5.67. The molecule has 0 aliphatic heterocycles. The van der Waals surface area contributed by atoms with Crippen LogP contribution in [0.1, 0.15) is 23.6 Å². The van der Waals surface area contributed by atoms with Crippen LogP contribution in [0.4, 0.5) is 0 Å². The van der Waals surface area contributed by atoms with Crippen LogP contribution in [-0.2, 0) is 16.0 Å². The second-order valence-corrected chi connectivity index (χ2v) is 4.73. The van der Waals surface area contributed by atoms with Gasteiger partial charge in [-0.25, -0.2) is 0 Å². The molecule has 98 valence electrons. The number of carbonyl (C=O) groups excluding carboxylic acids is 2. The highest BCUT2D eigenvalue weighted by atomic mass is 16.4. The quantitative estimate of drug-likeness (QED) is 0.710. The van der Waals surface area contributed by atoms with Crippen molar-refractivity contribution in [3.05, 3.63) is 34.9 Å².